The van der Waals surface area contributed by atoms with Crippen molar-refractivity contribution in [3.63, 3.8) is 0 Å². The fraction of sp³-hybridized carbons (Fsp3) is 0.287. The third-order valence-corrected chi connectivity index (χ3v) is 25.4. The van der Waals surface area contributed by atoms with Crippen molar-refractivity contribution in [3.05, 3.63) is 242 Å². The second-order valence-corrected chi connectivity index (χ2v) is 35.1. The van der Waals surface area contributed by atoms with Crippen molar-refractivity contribution in [3.8, 4) is 91.5 Å². The third-order valence-electron chi connectivity index (χ3n) is 24.2. The van der Waals surface area contributed by atoms with Crippen LogP contribution >= 0.6 is 7.60 Å². The van der Waals surface area contributed by atoms with Gasteiger partial charge in [0, 0.05) is 165 Å². The highest BCUT2D eigenvalue weighted by molar-refractivity contribution is 7.53. The lowest BCUT2D eigenvalue weighted by atomic mass is 10.1. The van der Waals surface area contributed by atoms with E-state index in [-0.39, 0.29) is 5.75 Å². The largest absolute Gasteiger partial charge is 0.508 e. The Kier molecular flexibility index (Phi) is 27.5. The summed E-state index contributed by atoms with van der Waals surface area (Å²) in [5, 5.41) is 48.4. The lowest BCUT2D eigenvalue weighted by Crippen LogP contribution is -2.38. The van der Waals surface area contributed by atoms with Gasteiger partial charge in [0.2, 0.25) is 0 Å². The molecule has 0 spiro atoms. The topological polar surface area (TPSA) is 328 Å². The number of benzene rings is 10. The van der Waals surface area contributed by atoms with Crippen LogP contribution in [0.1, 0.15) is 11.1 Å². The first-order valence-corrected chi connectivity index (χ1v) is 46.8. The number of phenolic OH excluding ortho intramolecular Hbond substituents is 1. The molecule has 0 saturated carbocycles. The molecule has 12 heterocycles. The number of morpholine rings is 4. The molecule has 0 amide bonds. The summed E-state index contributed by atoms with van der Waals surface area (Å²) in [7, 11) is 0.294. The van der Waals surface area contributed by atoms with Crippen LogP contribution in [0.4, 0.5) is 0 Å². The third kappa shape index (κ3) is 21.6. The van der Waals surface area contributed by atoms with E-state index in [9.17, 15) is 9.67 Å². The van der Waals surface area contributed by atoms with E-state index in [0.717, 1.165) is 310 Å². The van der Waals surface area contributed by atoms with Crippen molar-refractivity contribution in [1.82, 2.24) is 79.9 Å². The van der Waals surface area contributed by atoms with Gasteiger partial charge in [-0.05, 0) is 181 Å². The number of nitrogens with one attached hydrogen (secondary N) is 7. The van der Waals surface area contributed by atoms with Gasteiger partial charge in [0.25, 0.3) is 0 Å². The SMILES string of the molecule is COP(C)(=O)Oc1ccc2[nH]nc(-c3cc4cc(OCCN5CCOCC5)ccc4[nH]3)c2c1.Cn1c(-c2n[nH]c3ccc(OCc4ccccc4)cc23)cc2cc(OCCN3CCOCC3)ccc21.Oc1ccc2[nH]nc(-c3cc4cc(OCCN5CCOCC5)ccc4[nH]3)c2c1.c1ccc(COc2ccc3[nH]nc(-c4cc5cc(OCCN6CCOCC6)ccc5[nH]4)c3c2)cc1. The number of aromatic hydroxyl groups is 1. The number of fused-ring (bicyclic) bond motifs is 8. The molecule has 4 aliphatic heterocycles. The van der Waals surface area contributed by atoms with Crippen molar-refractivity contribution >= 4 is 94.8 Å². The molecule has 1 atom stereocenters. The summed E-state index contributed by atoms with van der Waals surface area (Å²) in [6, 6.07) is 76.0. The molecule has 4 aliphatic rings. The predicted molar refractivity (Wildman–Crippen MR) is 514 cm³/mol. The Balaban J connectivity index is 0.000000114. The molecule has 8 N–H and O–H groups in total. The van der Waals surface area contributed by atoms with Gasteiger partial charge in [-0.3, -0.25) is 40.0 Å². The molecule has 18 aromatic rings. The van der Waals surface area contributed by atoms with Gasteiger partial charge in [0.05, 0.1) is 97.7 Å². The lowest BCUT2D eigenvalue weighted by Gasteiger charge is -2.26. The average Bonchev–Trinajstić information content (AvgIpc) is 1.62. The molecule has 1 unspecified atom stereocenters. The van der Waals surface area contributed by atoms with Crippen LogP contribution in [0.15, 0.2) is 231 Å². The smallest absolute Gasteiger partial charge is 0.375 e. The molecule has 22 rings (SSSR count). The molecule has 8 aromatic heterocycles. The van der Waals surface area contributed by atoms with Crippen LogP contribution in [0, 0.1) is 0 Å². The Labute approximate surface area is 761 Å². The fourth-order valence-corrected chi connectivity index (χ4v) is 17.4. The van der Waals surface area contributed by atoms with Crippen molar-refractivity contribution in [1.29, 1.82) is 0 Å². The van der Waals surface area contributed by atoms with Crippen molar-refractivity contribution in [2.45, 2.75) is 13.2 Å². The molecule has 132 heavy (non-hydrogen) atoms. The summed E-state index contributed by atoms with van der Waals surface area (Å²) in [6.07, 6.45) is 0. The van der Waals surface area contributed by atoms with E-state index in [1.807, 2.05) is 140 Å². The van der Waals surface area contributed by atoms with Crippen LogP contribution in [-0.2, 0) is 48.3 Å². The van der Waals surface area contributed by atoms with E-state index in [2.05, 4.69) is 160 Å². The van der Waals surface area contributed by atoms with Gasteiger partial charge in [0.1, 0.15) is 108 Å². The molecule has 4 saturated heterocycles. The molecular formula is C101H107N16O14P. The Morgan fingerprint density at radius 1 is 0.348 bits per heavy atom. The second kappa shape index (κ2) is 41.3. The quantitative estimate of drug-likeness (QED) is 0.0202. The van der Waals surface area contributed by atoms with E-state index in [0.29, 0.717) is 45.4 Å². The molecule has 0 aliphatic carbocycles. The lowest BCUT2D eigenvalue weighted by molar-refractivity contribution is 0.0322. The maximum absolute atomic E-state index is 12.2. The summed E-state index contributed by atoms with van der Waals surface area (Å²) in [6.45, 7) is 22.9. The number of nitrogens with zero attached hydrogens (tertiary/aromatic N) is 9. The number of aromatic nitrogens is 12. The Morgan fingerprint density at radius 3 is 1.05 bits per heavy atom. The first kappa shape index (κ1) is 87.8. The molecule has 10 aromatic carbocycles. The van der Waals surface area contributed by atoms with Gasteiger partial charge >= 0.3 is 7.60 Å². The van der Waals surface area contributed by atoms with Crippen LogP contribution in [0.3, 0.4) is 0 Å². The Bertz CT molecular complexity index is 6960. The Hall–Kier alpha value is -13.5. The molecule has 0 radical (unpaired) electrons. The van der Waals surface area contributed by atoms with Crippen molar-refractivity contribution in [2.24, 2.45) is 7.05 Å². The molecular weight excluding hydrogens is 1690 g/mol. The fourth-order valence-electron chi connectivity index (χ4n) is 16.8. The van der Waals surface area contributed by atoms with Gasteiger partial charge in [0.15, 0.2) is 0 Å². The summed E-state index contributed by atoms with van der Waals surface area (Å²) in [5.74, 6) is 5.78. The van der Waals surface area contributed by atoms with Gasteiger partial charge in [-0.2, -0.15) is 20.4 Å². The van der Waals surface area contributed by atoms with Crippen LogP contribution in [0.5, 0.6) is 46.0 Å². The summed E-state index contributed by atoms with van der Waals surface area (Å²) in [5.41, 5.74) is 17.3. The van der Waals surface area contributed by atoms with Crippen LogP contribution in [0.2, 0.25) is 0 Å². The van der Waals surface area contributed by atoms with Gasteiger partial charge < -0.3 is 81.0 Å². The Morgan fingerprint density at radius 2 is 0.667 bits per heavy atom. The van der Waals surface area contributed by atoms with Gasteiger partial charge in [-0.25, -0.2) is 4.57 Å². The molecule has 30 nitrogen and oxygen atoms in total. The second-order valence-electron chi connectivity index (χ2n) is 33.0. The van der Waals surface area contributed by atoms with E-state index in [1.54, 1.807) is 18.2 Å². The summed E-state index contributed by atoms with van der Waals surface area (Å²) < 4.78 is 82.6. The van der Waals surface area contributed by atoms with E-state index in [1.165, 1.54) is 13.8 Å². The van der Waals surface area contributed by atoms with Gasteiger partial charge in [-0.1, -0.05) is 60.7 Å². The maximum atomic E-state index is 12.2. The highest BCUT2D eigenvalue weighted by Gasteiger charge is 2.24. The molecule has 4 fully saturated rings. The zero-order valence-corrected chi connectivity index (χ0v) is 74.9. The van der Waals surface area contributed by atoms with E-state index in [4.69, 9.17) is 56.4 Å². The summed E-state index contributed by atoms with van der Waals surface area (Å²) >= 11 is 0. The minimum Gasteiger partial charge on any atom is -0.508 e. The molecule has 0 bridgehead atoms. The van der Waals surface area contributed by atoms with Crippen molar-refractivity contribution in [2.75, 3.05) is 172 Å². The molecule has 680 valence electrons. The first-order chi connectivity index (χ1) is 64.8. The van der Waals surface area contributed by atoms with Crippen LogP contribution < -0.4 is 32.9 Å². The number of aryl methyl sites for hydroxylation is 1. The maximum Gasteiger partial charge on any atom is 0.375 e. The highest BCUT2D eigenvalue weighted by Crippen LogP contribution is 2.45. The van der Waals surface area contributed by atoms with E-state index >= 15 is 0 Å². The number of hydrogen-bond acceptors (Lipinski definition) is 22. The number of phenols is 1. The number of aromatic amines is 7. The predicted octanol–water partition coefficient (Wildman–Crippen LogP) is 17.4. The van der Waals surface area contributed by atoms with E-state index < -0.39 is 7.60 Å². The standard InChI is InChI=1S/C29H30N4O3.C28H28N4O3.C23H27N4O5P.C21H22N4O3/c1-32-27-10-8-23(35-16-13-33-11-14-34-15-12-33)17-22(27)18-28(32)29-25-19-24(7-9-26(25)30-31-29)36-20-21-5-3-2-4-6-21;1-2-4-20(5-3-1)19-35-23-7-9-26-24(18-23)28(31-30-26)27-17-21-16-22(6-8-25(21)29-27)34-15-12-32-10-13-33-14-11-32;1-29-33(2,28)32-18-4-6-21-19(15-18)23(26-25-21)22-14-16-13-17(3-5-20(16)24-22)31-12-9-27-7-10-30-11-8-27;26-15-1-3-19-17(13-15)21(24-23-19)20-12-14-11-16(2-4-18(14)22-20)28-10-7-25-5-8-27-9-6-25/h2-10,17-19H,11-16,20H2,1H3,(H,30,31);1-9,16-18,29H,10-15,19H2,(H,30,31);3-6,13-15,24H,7-12H2,1-2H3,(H,25,26);1-4,11-13,22,26H,5-10H2,(H,23,24). The monoisotopic (exact) mass is 1800 g/mol. The van der Waals surface area contributed by atoms with Crippen LogP contribution in [-0.4, -0.2) is 257 Å². The van der Waals surface area contributed by atoms with Crippen LogP contribution in [0.25, 0.3) is 133 Å². The minimum atomic E-state index is -3.15. The average molecular weight is 1800 g/mol. The number of rotatable bonds is 29. The van der Waals surface area contributed by atoms with Crippen molar-refractivity contribution < 1.29 is 66.1 Å². The normalized spacial score (nSPS) is 15.3. The summed E-state index contributed by atoms with van der Waals surface area (Å²) in [4.78, 5) is 19.8. The number of hydrogen-bond donors (Lipinski definition) is 8. The number of ether oxygens (including phenoxy) is 10. The van der Waals surface area contributed by atoms with Gasteiger partial charge in [-0.15, -0.1) is 0 Å². The highest BCUT2D eigenvalue weighted by atomic mass is 31.2. The zero-order chi connectivity index (χ0) is 89.5. The minimum absolute atomic E-state index is 0.224. The number of H-pyrrole nitrogens is 7. The molecule has 31 heteroatoms. The first-order valence-electron chi connectivity index (χ1n) is 44.8. The zero-order valence-electron chi connectivity index (χ0n) is 74.1.